The Balaban J connectivity index is 1.49. The van der Waals surface area contributed by atoms with E-state index < -0.39 is 5.54 Å². The van der Waals surface area contributed by atoms with Gasteiger partial charge in [-0.1, -0.05) is 33.1 Å². The number of hydrogen-bond donors (Lipinski definition) is 1. The molecule has 0 atom stereocenters. The molecule has 2 aliphatic heterocycles. The number of urea groups is 1. The Bertz CT molecular complexity index is 767. The Morgan fingerprint density at radius 3 is 2.27 bits per heavy atom. The molecule has 0 aromatic carbocycles. The molecule has 33 heavy (non-hydrogen) atoms. The molecule has 0 radical (unpaired) electrons. The van der Waals surface area contributed by atoms with Crippen LogP contribution in [0.4, 0.5) is 4.79 Å². The van der Waals surface area contributed by atoms with E-state index in [0.29, 0.717) is 45.3 Å². The summed E-state index contributed by atoms with van der Waals surface area (Å²) < 4.78 is 0. The van der Waals surface area contributed by atoms with Crippen molar-refractivity contribution in [3.8, 4) is 0 Å². The number of imide groups is 1. The van der Waals surface area contributed by atoms with Crippen molar-refractivity contribution in [2.45, 2.75) is 64.3 Å². The molecule has 0 aromatic heterocycles. The van der Waals surface area contributed by atoms with E-state index >= 15 is 0 Å². The third-order valence-electron chi connectivity index (χ3n) is 7.48. The summed E-state index contributed by atoms with van der Waals surface area (Å²) in [5.41, 5.74) is -0.783. The van der Waals surface area contributed by atoms with Gasteiger partial charge in [-0.3, -0.25) is 19.3 Å². The van der Waals surface area contributed by atoms with Crippen LogP contribution in [0.1, 0.15) is 58.8 Å². The van der Waals surface area contributed by atoms with Crippen molar-refractivity contribution in [1.82, 2.24) is 24.9 Å². The van der Waals surface area contributed by atoms with Gasteiger partial charge in [0.2, 0.25) is 11.8 Å². The van der Waals surface area contributed by atoms with E-state index in [4.69, 9.17) is 0 Å². The monoisotopic (exact) mass is 463 g/mol. The smallest absolute Gasteiger partial charge is 0.327 e. The number of amides is 5. The molecule has 1 spiro atoms. The van der Waals surface area contributed by atoms with Crippen molar-refractivity contribution in [2.75, 3.05) is 53.9 Å². The summed E-state index contributed by atoms with van der Waals surface area (Å²) in [5.74, 6) is -0.517. The van der Waals surface area contributed by atoms with Crippen LogP contribution in [0.3, 0.4) is 0 Å². The van der Waals surface area contributed by atoms with Gasteiger partial charge in [0.1, 0.15) is 12.1 Å². The second-order valence-corrected chi connectivity index (χ2v) is 11.1. The molecular weight excluding hydrogens is 422 g/mol. The van der Waals surface area contributed by atoms with Gasteiger partial charge >= 0.3 is 6.03 Å². The molecule has 0 bridgehead atoms. The van der Waals surface area contributed by atoms with E-state index in [9.17, 15) is 19.2 Å². The number of carbonyl (C=O) groups is 4. The quantitative estimate of drug-likeness (QED) is 0.578. The highest BCUT2D eigenvalue weighted by Crippen LogP contribution is 2.39. The highest BCUT2D eigenvalue weighted by Gasteiger charge is 2.56. The molecule has 3 aliphatic rings. The van der Waals surface area contributed by atoms with Crippen molar-refractivity contribution in [1.29, 1.82) is 0 Å². The highest BCUT2D eigenvalue weighted by atomic mass is 16.2. The molecule has 9 heteroatoms. The summed E-state index contributed by atoms with van der Waals surface area (Å²) in [6.07, 6.45) is 5.45. The first-order valence-corrected chi connectivity index (χ1v) is 12.3. The topological polar surface area (TPSA) is 93.3 Å². The number of likely N-dealkylation sites (N-methyl/N-ethyl adjacent to an activating group) is 1. The SMILES string of the molecule is CN(C)CC(C)(C)CNC(=O)C1CCN(C(=O)CN2C(=O)N(C)C3(CCCCC3)C2=O)CC1. The van der Waals surface area contributed by atoms with E-state index in [0.717, 1.165) is 30.7 Å². The molecule has 5 amide bonds. The molecule has 0 aromatic rings. The second-order valence-electron chi connectivity index (χ2n) is 11.1. The molecule has 2 saturated heterocycles. The predicted octanol–water partition coefficient (Wildman–Crippen LogP) is 1.53. The van der Waals surface area contributed by atoms with Crippen molar-refractivity contribution in [3.05, 3.63) is 0 Å². The van der Waals surface area contributed by atoms with Crippen molar-refractivity contribution >= 4 is 23.8 Å². The predicted molar refractivity (Wildman–Crippen MR) is 125 cm³/mol. The minimum absolute atomic E-state index is 0.0203. The van der Waals surface area contributed by atoms with Gasteiger partial charge in [0.25, 0.3) is 5.91 Å². The molecule has 1 saturated carbocycles. The number of rotatable bonds is 7. The number of hydrogen-bond acceptors (Lipinski definition) is 5. The molecular formula is C24H41N5O4. The Morgan fingerprint density at radius 1 is 1.09 bits per heavy atom. The fraction of sp³-hybridized carbons (Fsp3) is 0.833. The maximum atomic E-state index is 13.1. The van der Waals surface area contributed by atoms with Crippen LogP contribution in [-0.4, -0.2) is 103 Å². The minimum Gasteiger partial charge on any atom is -0.355 e. The molecule has 2 heterocycles. The Kier molecular flexibility index (Phi) is 7.71. The summed E-state index contributed by atoms with van der Waals surface area (Å²) in [4.78, 5) is 57.9. The molecule has 3 fully saturated rings. The van der Waals surface area contributed by atoms with Crippen LogP contribution < -0.4 is 5.32 Å². The van der Waals surface area contributed by atoms with Gasteiger partial charge < -0.3 is 20.0 Å². The third kappa shape index (κ3) is 5.50. The normalized spacial score (nSPS) is 21.9. The van der Waals surface area contributed by atoms with Gasteiger partial charge in [-0.2, -0.15) is 0 Å². The average Bonchev–Trinajstić information content (AvgIpc) is 2.93. The van der Waals surface area contributed by atoms with E-state index in [-0.39, 0.29) is 41.6 Å². The van der Waals surface area contributed by atoms with Crippen LogP contribution in [-0.2, 0) is 14.4 Å². The van der Waals surface area contributed by atoms with Gasteiger partial charge in [0.05, 0.1) is 0 Å². The first kappa shape index (κ1) is 25.5. The van der Waals surface area contributed by atoms with Crippen LogP contribution >= 0.6 is 0 Å². The lowest BCUT2D eigenvalue weighted by atomic mass is 9.81. The Morgan fingerprint density at radius 2 is 1.70 bits per heavy atom. The lowest BCUT2D eigenvalue weighted by Crippen LogP contribution is -2.50. The van der Waals surface area contributed by atoms with E-state index in [2.05, 4.69) is 24.1 Å². The zero-order valence-corrected chi connectivity index (χ0v) is 21.0. The summed E-state index contributed by atoms with van der Waals surface area (Å²) in [6.45, 7) is 6.47. The van der Waals surface area contributed by atoms with Gasteiger partial charge in [0, 0.05) is 39.1 Å². The van der Waals surface area contributed by atoms with Gasteiger partial charge in [-0.15, -0.1) is 0 Å². The van der Waals surface area contributed by atoms with Crippen molar-refractivity contribution < 1.29 is 19.2 Å². The van der Waals surface area contributed by atoms with Gasteiger partial charge in [-0.05, 0) is 45.2 Å². The fourth-order valence-electron chi connectivity index (χ4n) is 5.68. The van der Waals surface area contributed by atoms with Crippen LogP contribution in [0.2, 0.25) is 0 Å². The van der Waals surface area contributed by atoms with Gasteiger partial charge in [0.15, 0.2) is 0 Å². The molecule has 3 rings (SSSR count). The summed E-state index contributed by atoms with van der Waals surface area (Å²) in [7, 11) is 5.72. The lowest BCUT2D eigenvalue weighted by molar-refractivity contribution is -0.141. The maximum absolute atomic E-state index is 13.1. The number of carbonyl (C=O) groups excluding carboxylic acids is 4. The lowest BCUT2D eigenvalue weighted by Gasteiger charge is -2.36. The van der Waals surface area contributed by atoms with Gasteiger partial charge in [-0.25, -0.2) is 4.79 Å². The third-order valence-corrected chi connectivity index (χ3v) is 7.48. The van der Waals surface area contributed by atoms with E-state index in [1.165, 1.54) is 0 Å². The summed E-state index contributed by atoms with van der Waals surface area (Å²) in [6, 6.07) is -0.371. The number of likely N-dealkylation sites (tertiary alicyclic amines) is 1. The average molecular weight is 464 g/mol. The number of nitrogens with zero attached hydrogens (tertiary/aromatic N) is 4. The van der Waals surface area contributed by atoms with E-state index in [1.807, 2.05) is 14.1 Å². The first-order valence-electron chi connectivity index (χ1n) is 12.3. The first-order chi connectivity index (χ1) is 15.5. The number of piperidine rings is 1. The fourth-order valence-corrected chi connectivity index (χ4v) is 5.68. The maximum Gasteiger partial charge on any atom is 0.327 e. The van der Waals surface area contributed by atoms with Crippen LogP contribution in [0.25, 0.3) is 0 Å². The molecule has 1 N–H and O–H groups in total. The largest absolute Gasteiger partial charge is 0.355 e. The van der Waals surface area contributed by atoms with Crippen LogP contribution in [0.5, 0.6) is 0 Å². The standard InChI is InChI=1S/C24H41N5O4/c1-23(2,17-26(3)4)16-25-20(31)18-9-13-28(14-10-18)19(30)15-29-21(32)24(27(5)22(29)33)11-7-6-8-12-24/h18H,6-17H2,1-5H3,(H,25,31). The van der Waals surface area contributed by atoms with Crippen molar-refractivity contribution in [2.24, 2.45) is 11.3 Å². The zero-order valence-electron chi connectivity index (χ0n) is 21.0. The van der Waals surface area contributed by atoms with E-state index in [1.54, 1.807) is 16.8 Å². The van der Waals surface area contributed by atoms with Crippen LogP contribution in [0, 0.1) is 11.3 Å². The van der Waals surface area contributed by atoms with Crippen LogP contribution in [0.15, 0.2) is 0 Å². The highest BCUT2D eigenvalue weighted by molar-refractivity contribution is 6.09. The molecule has 1 aliphatic carbocycles. The Hall–Kier alpha value is -2.16. The summed E-state index contributed by atoms with van der Waals surface area (Å²) >= 11 is 0. The van der Waals surface area contributed by atoms with Crippen molar-refractivity contribution in [3.63, 3.8) is 0 Å². The molecule has 0 unspecified atom stereocenters. The number of nitrogens with one attached hydrogen (secondary N) is 1. The second kappa shape index (κ2) is 9.99. The molecule has 9 nitrogen and oxygen atoms in total. The minimum atomic E-state index is -0.763. The summed E-state index contributed by atoms with van der Waals surface area (Å²) in [5, 5.41) is 3.08. The molecule has 186 valence electrons. The Labute approximate surface area is 197 Å². The zero-order chi connectivity index (χ0) is 24.4.